The van der Waals surface area contributed by atoms with Gasteiger partial charge in [-0.25, -0.2) is 13.6 Å². The average molecular weight is 520 g/mol. The molecule has 0 aliphatic heterocycles. The van der Waals surface area contributed by atoms with Gasteiger partial charge in [0.05, 0.1) is 10.6 Å². The van der Waals surface area contributed by atoms with Crippen molar-refractivity contribution < 1.29 is 18.0 Å². The predicted octanol–water partition coefficient (Wildman–Crippen LogP) is 3.85. The maximum atomic E-state index is 12.8. The molecule has 7 N–H and O–H groups in total. The normalized spacial score (nSPS) is 11.0. The monoisotopic (exact) mass is 519 g/mol. The topological polar surface area (TPSA) is 168 Å². The highest BCUT2D eigenvalue weighted by Crippen LogP contribution is 2.28. The van der Waals surface area contributed by atoms with Gasteiger partial charge in [0.25, 0.3) is 11.8 Å². The van der Waals surface area contributed by atoms with Crippen LogP contribution >= 0.6 is 11.3 Å². The number of carbonyl (C=O) groups is 2. The Morgan fingerprint density at radius 3 is 2.25 bits per heavy atom. The van der Waals surface area contributed by atoms with Crippen LogP contribution in [0.3, 0.4) is 0 Å². The second kappa shape index (κ2) is 10.1. The van der Waals surface area contributed by atoms with Crippen molar-refractivity contribution in [3.05, 3.63) is 100 Å². The zero-order valence-electron chi connectivity index (χ0n) is 18.7. The number of primary sulfonamides is 1. The number of anilines is 2. The van der Waals surface area contributed by atoms with E-state index < -0.39 is 21.8 Å². The Hall–Kier alpha value is -4.32. The fourth-order valence-electron chi connectivity index (χ4n) is 3.48. The first-order valence-electron chi connectivity index (χ1n) is 10.5. The Labute approximate surface area is 211 Å². The number of amidine groups is 1. The van der Waals surface area contributed by atoms with Crippen LogP contribution in [-0.4, -0.2) is 26.1 Å². The fraction of sp³-hybridized carbons (Fsp3) is 0. The van der Waals surface area contributed by atoms with Crippen LogP contribution < -0.4 is 21.5 Å². The lowest BCUT2D eigenvalue weighted by Crippen LogP contribution is -2.17. The molecule has 0 saturated carbocycles. The van der Waals surface area contributed by atoms with Crippen molar-refractivity contribution in [3.63, 3.8) is 0 Å². The number of sulfonamides is 1. The summed E-state index contributed by atoms with van der Waals surface area (Å²) in [5.74, 6) is -0.974. The van der Waals surface area contributed by atoms with Crippen molar-refractivity contribution in [1.82, 2.24) is 0 Å². The van der Waals surface area contributed by atoms with Gasteiger partial charge in [-0.3, -0.25) is 15.0 Å². The van der Waals surface area contributed by atoms with Crippen molar-refractivity contribution in [3.8, 4) is 11.1 Å². The molecule has 0 radical (unpaired) electrons. The molecule has 0 aliphatic rings. The minimum Gasteiger partial charge on any atom is -0.384 e. The maximum absolute atomic E-state index is 12.8. The summed E-state index contributed by atoms with van der Waals surface area (Å²) in [4.78, 5) is 26.0. The van der Waals surface area contributed by atoms with Crippen molar-refractivity contribution in [2.24, 2.45) is 10.9 Å². The maximum Gasteiger partial charge on any atom is 0.267 e. The minimum absolute atomic E-state index is 0.00929. The Morgan fingerprint density at radius 1 is 0.833 bits per heavy atom. The van der Waals surface area contributed by atoms with E-state index in [1.807, 2.05) is 0 Å². The summed E-state index contributed by atoms with van der Waals surface area (Å²) in [7, 11) is -3.92. The summed E-state index contributed by atoms with van der Waals surface area (Å²) >= 11 is 1.17. The standard InChI is InChI=1S/C25H21N5O4S2/c26-23(27)17-4-3-5-18(14-17)29-25(32)22-20(12-13-35-22)30-24(31)16-10-8-15(9-11-16)19-6-1-2-7-21(19)36(28,33)34/h1-14H,(H3,26,27)(H,29,32)(H,30,31)(H2,28,33,34). The molecule has 3 aromatic carbocycles. The van der Waals surface area contributed by atoms with Crippen molar-refractivity contribution in [2.75, 3.05) is 10.6 Å². The molecule has 4 rings (SSSR count). The van der Waals surface area contributed by atoms with Crippen LogP contribution in [0.15, 0.2) is 89.1 Å². The van der Waals surface area contributed by atoms with Crippen LogP contribution in [0, 0.1) is 5.41 Å². The van der Waals surface area contributed by atoms with Gasteiger partial charge in [0.2, 0.25) is 10.0 Å². The number of carbonyl (C=O) groups excluding carboxylic acids is 2. The van der Waals surface area contributed by atoms with Crippen LogP contribution in [0.5, 0.6) is 0 Å². The quantitative estimate of drug-likeness (QED) is 0.184. The van der Waals surface area contributed by atoms with E-state index in [1.54, 1.807) is 78.2 Å². The highest BCUT2D eigenvalue weighted by atomic mass is 32.2. The lowest BCUT2D eigenvalue weighted by molar-refractivity contribution is 0.102. The van der Waals surface area contributed by atoms with Gasteiger partial charge in [-0.15, -0.1) is 11.3 Å². The van der Waals surface area contributed by atoms with Gasteiger partial charge in [-0.1, -0.05) is 42.5 Å². The lowest BCUT2D eigenvalue weighted by atomic mass is 10.0. The second-order valence-corrected chi connectivity index (χ2v) is 10.1. The van der Waals surface area contributed by atoms with E-state index in [-0.39, 0.29) is 10.7 Å². The molecule has 0 saturated heterocycles. The minimum atomic E-state index is -3.92. The highest BCUT2D eigenvalue weighted by Gasteiger charge is 2.18. The molecule has 1 heterocycles. The number of amides is 2. The summed E-state index contributed by atoms with van der Waals surface area (Å²) in [6, 6.07) is 20.9. The third-order valence-corrected chi connectivity index (χ3v) is 7.09. The molecule has 1 aromatic heterocycles. The van der Waals surface area contributed by atoms with E-state index in [1.165, 1.54) is 17.4 Å². The highest BCUT2D eigenvalue weighted by molar-refractivity contribution is 7.89. The SMILES string of the molecule is N=C(N)c1cccc(NC(=O)c2sccc2NC(=O)c2ccc(-c3ccccc3S(N)(=O)=O)cc2)c1. The molecular formula is C25H21N5O4S2. The molecule has 0 fully saturated rings. The zero-order chi connectivity index (χ0) is 25.9. The molecule has 4 aromatic rings. The van der Waals surface area contributed by atoms with Gasteiger partial charge in [-0.05, 0) is 47.3 Å². The van der Waals surface area contributed by atoms with Crippen molar-refractivity contribution in [1.29, 1.82) is 5.41 Å². The van der Waals surface area contributed by atoms with E-state index in [4.69, 9.17) is 16.3 Å². The number of nitrogen functional groups attached to an aromatic ring is 1. The molecule has 9 nitrogen and oxygen atoms in total. The molecule has 182 valence electrons. The van der Waals surface area contributed by atoms with Crippen LogP contribution in [0.25, 0.3) is 11.1 Å². The molecule has 0 unspecified atom stereocenters. The number of hydrogen-bond donors (Lipinski definition) is 5. The zero-order valence-corrected chi connectivity index (χ0v) is 20.3. The smallest absolute Gasteiger partial charge is 0.267 e. The molecule has 0 bridgehead atoms. The lowest BCUT2D eigenvalue weighted by Gasteiger charge is -2.10. The van der Waals surface area contributed by atoms with Crippen LogP contribution in [0.4, 0.5) is 11.4 Å². The van der Waals surface area contributed by atoms with Gasteiger partial charge in [0.1, 0.15) is 10.7 Å². The van der Waals surface area contributed by atoms with Crippen LogP contribution in [0.2, 0.25) is 0 Å². The number of hydrogen-bond acceptors (Lipinski definition) is 6. The summed E-state index contributed by atoms with van der Waals surface area (Å²) < 4.78 is 23.8. The average Bonchev–Trinajstić information content (AvgIpc) is 3.32. The Morgan fingerprint density at radius 2 is 1.56 bits per heavy atom. The van der Waals surface area contributed by atoms with Crippen molar-refractivity contribution in [2.45, 2.75) is 4.90 Å². The molecule has 11 heteroatoms. The van der Waals surface area contributed by atoms with Gasteiger partial charge in [0.15, 0.2) is 0 Å². The Kier molecular flexibility index (Phi) is 6.97. The van der Waals surface area contributed by atoms with E-state index in [2.05, 4.69) is 10.6 Å². The third kappa shape index (κ3) is 5.49. The molecular weight excluding hydrogens is 498 g/mol. The fourth-order valence-corrected chi connectivity index (χ4v) is 4.99. The first-order chi connectivity index (χ1) is 17.1. The van der Waals surface area contributed by atoms with Gasteiger partial charge in [-0.2, -0.15) is 0 Å². The first-order valence-corrected chi connectivity index (χ1v) is 12.9. The third-order valence-electron chi connectivity index (χ3n) is 5.20. The van der Waals surface area contributed by atoms with E-state index in [0.29, 0.717) is 38.5 Å². The van der Waals surface area contributed by atoms with Crippen LogP contribution in [0.1, 0.15) is 25.6 Å². The summed E-state index contributed by atoms with van der Waals surface area (Å²) in [6.07, 6.45) is 0. The summed E-state index contributed by atoms with van der Waals surface area (Å²) in [6.45, 7) is 0. The molecule has 0 spiro atoms. The predicted molar refractivity (Wildman–Crippen MR) is 141 cm³/mol. The number of benzene rings is 3. The van der Waals surface area contributed by atoms with Crippen LogP contribution in [-0.2, 0) is 10.0 Å². The van der Waals surface area contributed by atoms with E-state index in [0.717, 1.165) is 0 Å². The molecule has 2 amide bonds. The molecule has 0 atom stereocenters. The van der Waals surface area contributed by atoms with Gasteiger partial charge in [0, 0.05) is 22.4 Å². The first kappa shape index (κ1) is 24.8. The Bertz CT molecular complexity index is 1580. The van der Waals surface area contributed by atoms with Crippen molar-refractivity contribution >= 4 is 50.4 Å². The summed E-state index contributed by atoms with van der Waals surface area (Å²) in [5.41, 5.74) is 8.12. The Balaban J connectivity index is 1.50. The summed E-state index contributed by atoms with van der Waals surface area (Å²) in [5, 5.41) is 20.0. The number of rotatable bonds is 7. The van der Waals surface area contributed by atoms with Gasteiger partial charge >= 0.3 is 0 Å². The molecule has 36 heavy (non-hydrogen) atoms. The largest absolute Gasteiger partial charge is 0.384 e. The van der Waals surface area contributed by atoms with E-state index in [9.17, 15) is 18.0 Å². The number of thiophene rings is 1. The number of nitrogens with two attached hydrogens (primary N) is 2. The van der Waals surface area contributed by atoms with Gasteiger partial charge < -0.3 is 16.4 Å². The van der Waals surface area contributed by atoms with E-state index >= 15 is 0 Å². The molecule has 0 aliphatic carbocycles. The number of nitrogens with one attached hydrogen (secondary N) is 3. The second-order valence-electron chi connectivity index (χ2n) is 7.68.